The minimum absolute atomic E-state index is 0.280. The van der Waals surface area contributed by atoms with E-state index in [9.17, 15) is 0 Å². The molecule has 0 aliphatic heterocycles. The molecule has 0 unspecified atom stereocenters. The van der Waals surface area contributed by atoms with Gasteiger partial charge in [0.15, 0.2) is 0 Å². The summed E-state index contributed by atoms with van der Waals surface area (Å²) in [6.45, 7) is 12.3. The molecule has 0 saturated heterocycles. The number of rotatable bonds is 8. The van der Waals surface area contributed by atoms with Gasteiger partial charge in [-0.2, -0.15) is 0 Å². The normalized spacial score (nSPS) is 10.5. The monoisotopic (exact) mass is 358 g/mol. The second kappa shape index (κ2) is 12.7. The predicted octanol–water partition coefficient (Wildman–Crippen LogP) is 5.10. The van der Waals surface area contributed by atoms with E-state index >= 15 is 0 Å². The number of hydrogen-bond acceptors (Lipinski definition) is 2. The summed E-state index contributed by atoms with van der Waals surface area (Å²) >= 11 is 0. The van der Waals surface area contributed by atoms with Crippen LogP contribution in [0.4, 0.5) is 0 Å². The standard InChI is InChI=1S/C17H21OP.C5H10O/c1-15(2)18-13-14-19(16-9-5-3-6-10-16)17-11-7-4-8-12-17;1-4-6-5(2)3/h3-12,15H,13-14H2,1-2H3;4-5H,1H2,2-3H3. The van der Waals surface area contributed by atoms with E-state index in [1.54, 1.807) is 0 Å². The van der Waals surface area contributed by atoms with Crippen molar-refractivity contribution in [3.8, 4) is 0 Å². The highest BCUT2D eigenvalue weighted by Crippen LogP contribution is 2.32. The topological polar surface area (TPSA) is 18.5 Å². The predicted molar refractivity (Wildman–Crippen MR) is 111 cm³/mol. The molecular weight excluding hydrogens is 327 g/mol. The maximum Gasteiger partial charge on any atom is 0.0922 e. The van der Waals surface area contributed by atoms with Crippen LogP contribution in [-0.2, 0) is 9.47 Å². The largest absolute Gasteiger partial charge is 0.499 e. The SMILES string of the molecule is C=COC(C)C.CC(C)OCCP(c1ccccc1)c1ccccc1. The van der Waals surface area contributed by atoms with Crippen molar-refractivity contribution in [2.75, 3.05) is 12.8 Å². The molecule has 0 N–H and O–H groups in total. The molecule has 0 spiro atoms. The van der Waals surface area contributed by atoms with Crippen molar-refractivity contribution in [2.45, 2.75) is 39.9 Å². The summed E-state index contributed by atoms with van der Waals surface area (Å²) < 4.78 is 10.5. The fraction of sp³-hybridized carbons (Fsp3) is 0.364. The van der Waals surface area contributed by atoms with Crippen molar-refractivity contribution in [3.63, 3.8) is 0 Å². The lowest BCUT2D eigenvalue weighted by molar-refractivity contribution is 0.0917. The first-order valence-corrected chi connectivity index (χ1v) is 10.3. The lowest BCUT2D eigenvalue weighted by atomic mass is 10.4. The summed E-state index contributed by atoms with van der Waals surface area (Å²) in [6, 6.07) is 21.6. The summed E-state index contributed by atoms with van der Waals surface area (Å²) in [5, 5.41) is 2.85. The molecule has 0 radical (unpaired) electrons. The Morgan fingerprint density at radius 1 is 0.840 bits per heavy atom. The molecule has 0 aliphatic carbocycles. The van der Waals surface area contributed by atoms with E-state index in [0.29, 0.717) is 6.10 Å². The second-order valence-corrected chi connectivity index (χ2v) is 8.43. The zero-order valence-corrected chi connectivity index (χ0v) is 16.8. The Bertz CT molecular complexity index is 528. The molecule has 2 aromatic rings. The van der Waals surface area contributed by atoms with Crippen LogP contribution >= 0.6 is 7.92 Å². The molecule has 2 aromatic carbocycles. The Hall–Kier alpha value is -1.63. The average molecular weight is 358 g/mol. The molecule has 0 aromatic heterocycles. The highest BCUT2D eigenvalue weighted by Gasteiger charge is 2.13. The van der Waals surface area contributed by atoms with Gasteiger partial charge in [0.2, 0.25) is 0 Å². The van der Waals surface area contributed by atoms with Crippen molar-refractivity contribution in [3.05, 3.63) is 73.5 Å². The van der Waals surface area contributed by atoms with Crippen molar-refractivity contribution in [1.29, 1.82) is 0 Å². The average Bonchev–Trinajstić information content (AvgIpc) is 2.60. The van der Waals surface area contributed by atoms with Crippen LogP contribution in [0.5, 0.6) is 0 Å². The van der Waals surface area contributed by atoms with Gasteiger partial charge >= 0.3 is 0 Å². The lowest BCUT2D eigenvalue weighted by Gasteiger charge is -2.19. The first kappa shape index (κ1) is 21.4. The van der Waals surface area contributed by atoms with E-state index in [-0.39, 0.29) is 14.0 Å². The molecule has 2 nitrogen and oxygen atoms in total. The Labute approximate surface area is 154 Å². The molecule has 25 heavy (non-hydrogen) atoms. The van der Waals surface area contributed by atoms with Gasteiger partial charge in [-0.1, -0.05) is 67.2 Å². The maximum absolute atomic E-state index is 5.73. The van der Waals surface area contributed by atoms with Crippen LogP contribution in [0.2, 0.25) is 0 Å². The van der Waals surface area contributed by atoms with Gasteiger partial charge in [-0.25, -0.2) is 0 Å². The Morgan fingerprint density at radius 3 is 1.64 bits per heavy atom. The molecule has 0 fully saturated rings. The van der Waals surface area contributed by atoms with Gasteiger partial charge in [0.1, 0.15) is 0 Å². The van der Waals surface area contributed by atoms with E-state index in [0.717, 1.165) is 12.8 Å². The van der Waals surface area contributed by atoms with Crippen LogP contribution in [0.3, 0.4) is 0 Å². The van der Waals surface area contributed by atoms with Gasteiger partial charge < -0.3 is 9.47 Å². The molecular formula is C22H31O2P. The van der Waals surface area contributed by atoms with Crippen LogP contribution in [0.25, 0.3) is 0 Å². The van der Waals surface area contributed by atoms with Gasteiger partial charge in [0, 0.05) is 0 Å². The number of benzene rings is 2. The Kier molecular flexibility index (Phi) is 10.9. The number of hydrogen-bond donors (Lipinski definition) is 0. The highest BCUT2D eigenvalue weighted by molar-refractivity contribution is 7.73. The van der Waals surface area contributed by atoms with Gasteiger partial charge in [0.25, 0.3) is 0 Å². The molecule has 0 amide bonds. The number of ether oxygens (including phenoxy) is 2. The third kappa shape index (κ3) is 9.43. The first-order valence-electron chi connectivity index (χ1n) is 8.80. The maximum atomic E-state index is 5.73. The molecule has 2 rings (SSSR count). The van der Waals surface area contributed by atoms with E-state index in [1.807, 2.05) is 13.8 Å². The van der Waals surface area contributed by atoms with Gasteiger partial charge in [-0.05, 0) is 52.4 Å². The van der Waals surface area contributed by atoms with E-state index in [2.05, 4.69) is 81.1 Å². The summed E-state index contributed by atoms with van der Waals surface area (Å²) in [6.07, 6.45) is 3.12. The lowest BCUT2D eigenvalue weighted by Crippen LogP contribution is -2.17. The quantitative estimate of drug-likeness (QED) is 0.483. The molecule has 3 heteroatoms. The molecule has 0 aliphatic rings. The van der Waals surface area contributed by atoms with Crippen molar-refractivity contribution in [1.82, 2.24) is 0 Å². The summed E-state index contributed by atoms with van der Waals surface area (Å²) in [5.41, 5.74) is 0. The Morgan fingerprint density at radius 2 is 1.32 bits per heavy atom. The third-order valence-corrected chi connectivity index (χ3v) is 5.74. The fourth-order valence-electron chi connectivity index (χ4n) is 2.20. The van der Waals surface area contributed by atoms with Crippen molar-refractivity contribution in [2.24, 2.45) is 0 Å². The van der Waals surface area contributed by atoms with Crippen LogP contribution in [0.1, 0.15) is 27.7 Å². The van der Waals surface area contributed by atoms with E-state index in [4.69, 9.17) is 9.47 Å². The van der Waals surface area contributed by atoms with Crippen LogP contribution in [-0.4, -0.2) is 25.0 Å². The smallest absolute Gasteiger partial charge is 0.0922 e. The minimum atomic E-state index is -0.307. The van der Waals surface area contributed by atoms with Gasteiger partial charge in [0.05, 0.1) is 25.1 Å². The molecule has 0 saturated carbocycles. The van der Waals surface area contributed by atoms with E-state index < -0.39 is 0 Å². The van der Waals surface area contributed by atoms with Crippen molar-refractivity contribution >= 4 is 18.5 Å². The summed E-state index contributed by atoms with van der Waals surface area (Å²) in [4.78, 5) is 0. The molecule has 136 valence electrons. The zero-order valence-electron chi connectivity index (χ0n) is 15.9. The third-order valence-electron chi connectivity index (χ3n) is 3.27. The highest BCUT2D eigenvalue weighted by atomic mass is 31.1. The molecule has 0 bridgehead atoms. The van der Waals surface area contributed by atoms with E-state index in [1.165, 1.54) is 16.9 Å². The van der Waals surface area contributed by atoms with Crippen LogP contribution in [0.15, 0.2) is 73.5 Å². The Balaban J connectivity index is 0.000000450. The van der Waals surface area contributed by atoms with Crippen LogP contribution < -0.4 is 10.6 Å². The second-order valence-electron chi connectivity index (χ2n) is 6.09. The minimum Gasteiger partial charge on any atom is -0.499 e. The zero-order chi connectivity index (χ0) is 18.5. The first-order chi connectivity index (χ1) is 12.0. The van der Waals surface area contributed by atoms with Crippen LogP contribution in [0, 0.1) is 0 Å². The summed E-state index contributed by atoms with van der Waals surface area (Å²) in [5.74, 6) is 0. The van der Waals surface area contributed by atoms with Gasteiger partial charge in [-0.15, -0.1) is 0 Å². The molecule has 0 heterocycles. The summed E-state index contributed by atoms with van der Waals surface area (Å²) in [7, 11) is -0.307. The van der Waals surface area contributed by atoms with Crippen molar-refractivity contribution < 1.29 is 9.47 Å². The van der Waals surface area contributed by atoms with Gasteiger partial charge in [-0.3, -0.25) is 0 Å². The fourth-order valence-corrected chi connectivity index (χ4v) is 4.36. The molecule has 0 atom stereocenters.